The van der Waals surface area contributed by atoms with Gasteiger partial charge in [0.2, 0.25) is 11.8 Å². The monoisotopic (exact) mass is 391 g/mol. The van der Waals surface area contributed by atoms with Crippen molar-refractivity contribution in [2.24, 2.45) is 0 Å². The highest BCUT2D eigenvalue weighted by molar-refractivity contribution is 5.93. The zero-order chi connectivity index (χ0) is 20.7. The van der Waals surface area contributed by atoms with Gasteiger partial charge in [-0.2, -0.15) is 0 Å². The van der Waals surface area contributed by atoms with Gasteiger partial charge in [-0.25, -0.2) is 4.79 Å². The summed E-state index contributed by atoms with van der Waals surface area (Å²) in [5.74, 6) is 0.401. The van der Waals surface area contributed by atoms with E-state index in [9.17, 15) is 14.4 Å². The number of hydrogen-bond donors (Lipinski definition) is 1. The fourth-order valence-corrected chi connectivity index (χ4v) is 2.74. The third-order valence-electron chi connectivity index (χ3n) is 4.22. The van der Waals surface area contributed by atoms with E-state index < -0.39 is 5.60 Å². The van der Waals surface area contributed by atoms with Crippen molar-refractivity contribution in [1.82, 2.24) is 9.80 Å². The Labute approximate surface area is 165 Å². The molecule has 1 fully saturated rings. The first kappa shape index (κ1) is 21.5. The van der Waals surface area contributed by atoms with Gasteiger partial charge in [0, 0.05) is 44.7 Å². The van der Waals surface area contributed by atoms with Crippen LogP contribution in [0.1, 0.15) is 33.6 Å². The van der Waals surface area contributed by atoms with Crippen LogP contribution in [-0.2, 0) is 14.3 Å². The van der Waals surface area contributed by atoms with Gasteiger partial charge >= 0.3 is 6.09 Å². The van der Waals surface area contributed by atoms with E-state index in [1.54, 1.807) is 41.2 Å². The highest BCUT2D eigenvalue weighted by Gasteiger charge is 2.27. The van der Waals surface area contributed by atoms with E-state index >= 15 is 0 Å². The second kappa shape index (κ2) is 9.43. The van der Waals surface area contributed by atoms with Gasteiger partial charge in [-0.15, -0.1) is 0 Å². The second-order valence-corrected chi connectivity index (χ2v) is 7.62. The Morgan fingerprint density at radius 1 is 0.964 bits per heavy atom. The Morgan fingerprint density at radius 2 is 1.54 bits per heavy atom. The topological polar surface area (TPSA) is 88.2 Å². The maximum absolute atomic E-state index is 12.3. The summed E-state index contributed by atoms with van der Waals surface area (Å²) in [6.45, 7) is 7.21. The Bertz CT molecular complexity index is 689. The smallest absolute Gasteiger partial charge is 0.410 e. The lowest BCUT2D eigenvalue weighted by Gasteiger charge is -2.35. The lowest BCUT2D eigenvalue weighted by Crippen LogP contribution is -2.51. The van der Waals surface area contributed by atoms with Crippen LogP contribution in [0, 0.1) is 0 Å². The van der Waals surface area contributed by atoms with Crippen molar-refractivity contribution < 1.29 is 23.9 Å². The molecule has 1 heterocycles. The number of rotatable bonds is 5. The average molecular weight is 391 g/mol. The molecule has 1 aromatic carbocycles. The standard InChI is InChI=1S/C20H29N3O5/c1-20(2,3)28-19(26)23-13-11-22(12-14-23)18(25)10-9-17(24)21-15-5-7-16(27-4)8-6-15/h5-8H,9-14H2,1-4H3,(H,21,24). The van der Waals surface area contributed by atoms with E-state index in [0.29, 0.717) is 37.6 Å². The number of nitrogens with zero attached hydrogens (tertiary/aromatic N) is 2. The van der Waals surface area contributed by atoms with E-state index in [1.165, 1.54) is 0 Å². The summed E-state index contributed by atoms with van der Waals surface area (Å²) in [5, 5.41) is 2.76. The Hall–Kier alpha value is -2.77. The van der Waals surface area contributed by atoms with Crippen LogP contribution in [0.2, 0.25) is 0 Å². The lowest BCUT2D eigenvalue weighted by molar-refractivity contribution is -0.134. The summed E-state index contributed by atoms with van der Waals surface area (Å²) >= 11 is 0. The summed E-state index contributed by atoms with van der Waals surface area (Å²) in [4.78, 5) is 39.7. The van der Waals surface area contributed by atoms with Crippen molar-refractivity contribution in [3.8, 4) is 5.75 Å². The molecule has 28 heavy (non-hydrogen) atoms. The fraction of sp³-hybridized carbons (Fsp3) is 0.550. The molecule has 0 spiro atoms. The number of carbonyl (C=O) groups excluding carboxylic acids is 3. The van der Waals surface area contributed by atoms with E-state index in [2.05, 4.69) is 5.32 Å². The molecule has 8 nitrogen and oxygen atoms in total. The van der Waals surface area contributed by atoms with Crippen molar-refractivity contribution in [2.75, 3.05) is 38.6 Å². The van der Waals surface area contributed by atoms with Gasteiger partial charge in [0.05, 0.1) is 7.11 Å². The SMILES string of the molecule is COc1ccc(NC(=O)CCC(=O)N2CCN(C(=O)OC(C)(C)C)CC2)cc1. The van der Waals surface area contributed by atoms with E-state index in [4.69, 9.17) is 9.47 Å². The van der Waals surface area contributed by atoms with Crippen LogP contribution in [0.15, 0.2) is 24.3 Å². The average Bonchev–Trinajstić information content (AvgIpc) is 2.65. The highest BCUT2D eigenvalue weighted by Crippen LogP contribution is 2.16. The van der Waals surface area contributed by atoms with Crippen LogP contribution < -0.4 is 10.1 Å². The summed E-state index contributed by atoms with van der Waals surface area (Å²) < 4.78 is 10.4. The van der Waals surface area contributed by atoms with Crippen molar-refractivity contribution in [2.45, 2.75) is 39.2 Å². The number of nitrogens with one attached hydrogen (secondary N) is 1. The van der Waals surface area contributed by atoms with E-state index in [0.717, 1.165) is 0 Å². The summed E-state index contributed by atoms with van der Waals surface area (Å²) in [5.41, 5.74) is 0.116. The molecule has 0 atom stereocenters. The Morgan fingerprint density at radius 3 is 2.07 bits per heavy atom. The quantitative estimate of drug-likeness (QED) is 0.833. The van der Waals surface area contributed by atoms with E-state index in [-0.39, 0.29) is 30.7 Å². The number of benzene rings is 1. The number of anilines is 1. The molecule has 1 N–H and O–H groups in total. The Balaban J connectivity index is 1.72. The van der Waals surface area contributed by atoms with Crippen molar-refractivity contribution in [1.29, 1.82) is 0 Å². The molecule has 1 aliphatic heterocycles. The molecule has 0 radical (unpaired) electrons. The molecule has 0 saturated carbocycles. The number of piperazine rings is 1. The summed E-state index contributed by atoms with van der Waals surface area (Å²) in [7, 11) is 1.58. The van der Waals surface area contributed by atoms with Crippen LogP contribution >= 0.6 is 0 Å². The van der Waals surface area contributed by atoms with Crippen LogP contribution in [0.25, 0.3) is 0 Å². The molecule has 0 bridgehead atoms. The lowest BCUT2D eigenvalue weighted by atomic mass is 10.2. The van der Waals surface area contributed by atoms with Gasteiger partial charge in [-0.1, -0.05) is 0 Å². The first-order chi connectivity index (χ1) is 13.2. The Kier molecular flexibility index (Phi) is 7.25. The van der Waals surface area contributed by atoms with Gasteiger partial charge in [0.1, 0.15) is 11.4 Å². The van der Waals surface area contributed by atoms with Crippen molar-refractivity contribution in [3.05, 3.63) is 24.3 Å². The molecular weight excluding hydrogens is 362 g/mol. The third-order valence-corrected chi connectivity index (χ3v) is 4.22. The van der Waals surface area contributed by atoms with Gasteiger partial charge in [-0.05, 0) is 45.0 Å². The zero-order valence-corrected chi connectivity index (χ0v) is 17.0. The van der Waals surface area contributed by atoms with Gasteiger partial charge in [-0.3, -0.25) is 9.59 Å². The number of amides is 3. The molecular formula is C20H29N3O5. The predicted molar refractivity (Wildman–Crippen MR) is 105 cm³/mol. The minimum absolute atomic E-state index is 0.0891. The molecule has 2 rings (SSSR count). The minimum atomic E-state index is -0.540. The van der Waals surface area contributed by atoms with Crippen LogP contribution in [-0.4, -0.2) is 66.6 Å². The molecule has 0 aliphatic carbocycles. The van der Waals surface area contributed by atoms with Gasteiger partial charge in [0.25, 0.3) is 0 Å². The molecule has 154 valence electrons. The maximum Gasteiger partial charge on any atom is 0.410 e. The van der Waals surface area contributed by atoms with Crippen LogP contribution in [0.3, 0.4) is 0 Å². The zero-order valence-electron chi connectivity index (χ0n) is 17.0. The number of hydrogen-bond acceptors (Lipinski definition) is 5. The number of methoxy groups -OCH3 is 1. The van der Waals surface area contributed by atoms with Gasteiger partial charge < -0.3 is 24.6 Å². The van der Waals surface area contributed by atoms with Crippen LogP contribution in [0.4, 0.5) is 10.5 Å². The molecule has 3 amide bonds. The van der Waals surface area contributed by atoms with Gasteiger partial charge in [0.15, 0.2) is 0 Å². The molecule has 1 aliphatic rings. The predicted octanol–water partition coefficient (Wildman–Crippen LogP) is 2.49. The summed E-state index contributed by atoms with van der Waals surface area (Å²) in [6.07, 6.45) is -0.121. The van der Waals surface area contributed by atoms with Crippen molar-refractivity contribution >= 4 is 23.6 Å². The summed E-state index contributed by atoms with van der Waals surface area (Å²) in [6, 6.07) is 7.00. The van der Waals surface area contributed by atoms with Crippen molar-refractivity contribution in [3.63, 3.8) is 0 Å². The molecule has 1 aromatic rings. The normalized spacial score (nSPS) is 14.4. The fourth-order valence-electron chi connectivity index (χ4n) is 2.74. The van der Waals surface area contributed by atoms with E-state index in [1.807, 2.05) is 20.8 Å². The largest absolute Gasteiger partial charge is 0.497 e. The molecule has 0 unspecified atom stereocenters. The third kappa shape index (κ3) is 6.75. The second-order valence-electron chi connectivity index (χ2n) is 7.62. The first-order valence-corrected chi connectivity index (χ1v) is 9.37. The minimum Gasteiger partial charge on any atom is -0.497 e. The first-order valence-electron chi connectivity index (χ1n) is 9.37. The molecule has 0 aromatic heterocycles. The highest BCUT2D eigenvalue weighted by atomic mass is 16.6. The number of carbonyl (C=O) groups is 3. The number of ether oxygens (including phenoxy) is 2. The molecule has 1 saturated heterocycles. The van der Waals surface area contributed by atoms with Crippen LogP contribution in [0.5, 0.6) is 5.75 Å². The maximum atomic E-state index is 12.3. The molecule has 8 heteroatoms.